The second-order valence-electron chi connectivity index (χ2n) is 9.44. The van der Waals surface area contributed by atoms with E-state index in [1.807, 2.05) is 0 Å². The minimum atomic E-state index is -0.257. The number of rotatable bonds is 5. The van der Waals surface area contributed by atoms with Crippen molar-refractivity contribution in [1.29, 1.82) is 0 Å². The number of nitrogens with zero attached hydrogens (tertiary/aromatic N) is 1. The van der Waals surface area contributed by atoms with Crippen molar-refractivity contribution in [3.05, 3.63) is 113 Å². The highest BCUT2D eigenvalue weighted by Crippen LogP contribution is 2.42. The Balaban J connectivity index is 1.59. The largest absolute Gasteiger partial charge is 0.395 e. The van der Waals surface area contributed by atoms with Crippen LogP contribution in [0, 0.1) is 6.92 Å². The van der Waals surface area contributed by atoms with Gasteiger partial charge in [-0.25, -0.2) is 0 Å². The smallest absolute Gasteiger partial charge is 0.0522 e. The summed E-state index contributed by atoms with van der Waals surface area (Å²) in [6.45, 7) is 6.38. The molecule has 0 spiro atoms. The molecule has 0 bridgehead atoms. The Labute approximate surface area is 190 Å². The fraction of sp³-hybridized carbons (Fsp3) is 0.200. The fourth-order valence-corrected chi connectivity index (χ4v) is 4.56. The summed E-state index contributed by atoms with van der Waals surface area (Å²) in [5.74, 6) is 0. The SMILES string of the molecule is Cc1ccc(N(c2ccc(C(C)(C)CO)cc2)c2ccc3c(c2)Cc2ccccc2-3)cc1. The lowest BCUT2D eigenvalue weighted by atomic mass is 9.85. The summed E-state index contributed by atoms with van der Waals surface area (Å²) < 4.78 is 0. The summed E-state index contributed by atoms with van der Waals surface area (Å²) in [5.41, 5.74) is 11.0. The van der Waals surface area contributed by atoms with Crippen LogP contribution >= 0.6 is 0 Å². The Kier molecular flexibility index (Phi) is 5.11. The molecule has 0 saturated heterocycles. The molecule has 160 valence electrons. The van der Waals surface area contributed by atoms with Gasteiger partial charge in [0.25, 0.3) is 0 Å². The van der Waals surface area contributed by atoms with Crippen molar-refractivity contribution in [3.63, 3.8) is 0 Å². The molecule has 1 N–H and O–H groups in total. The summed E-state index contributed by atoms with van der Waals surface area (Å²) in [4.78, 5) is 2.32. The highest BCUT2D eigenvalue weighted by Gasteiger charge is 2.22. The molecule has 0 aromatic heterocycles. The van der Waals surface area contributed by atoms with Gasteiger partial charge < -0.3 is 10.0 Å². The first kappa shape index (κ1) is 20.5. The third kappa shape index (κ3) is 3.61. The first-order valence-electron chi connectivity index (χ1n) is 11.3. The van der Waals surface area contributed by atoms with Gasteiger partial charge in [-0.3, -0.25) is 0 Å². The zero-order valence-electron chi connectivity index (χ0n) is 19.0. The van der Waals surface area contributed by atoms with E-state index in [0.717, 1.165) is 29.0 Å². The number of aliphatic hydroxyl groups is 1. The first-order valence-corrected chi connectivity index (χ1v) is 11.3. The number of aryl methyl sites for hydroxylation is 1. The average Bonchev–Trinajstić information content (AvgIpc) is 3.19. The van der Waals surface area contributed by atoms with E-state index in [2.05, 4.69) is 117 Å². The molecule has 0 unspecified atom stereocenters. The lowest BCUT2D eigenvalue weighted by Crippen LogP contribution is -2.22. The summed E-state index contributed by atoms with van der Waals surface area (Å²) in [7, 11) is 0. The maximum atomic E-state index is 9.76. The molecule has 5 rings (SSSR count). The number of anilines is 3. The van der Waals surface area contributed by atoms with Crippen molar-refractivity contribution in [1.82, 2.24) is 0 Å². The van der Waals surface area contributed by atoms with Gasteiger partial charge >= 0.3 is 0 Å². The molecule has 0 saturated carbocycles. The van der Waals surface area contributed by atoms with Crippen LogP contribution < -0.4 is 4.90 Å². The Morgan fingerprint density at radius 1 is 0.719 bits per heavy atom. The topological polar surface area (TPSA) is 23.5 Å². The third-order valence-corrected chi connectivity index (χ3v) is 6.63. The maximum absolute atomic E-state index is 9.76. The van der Waals surface area contributed by atoms with Crippen LogP contribution in [0.1, 0.15) is 36.1 Å². The van der Waals surface area contributed by atoms with Crippen molar-refractivity contribution in [2.24, 2.45) is 0 Å². The molecular formula is C30H29NO. The standard InChI is InChI=1S/C30H29NO/c1-21-8-12-25(13-9-21)31(26-14-10-24(11-15-26)30(2,3)20-32)27-16-17-29-23(19-27)18-22-6-4-5-7-28(22)29/h4-17,19,32H,18,20H2,1-3H3. The average molecular weight is 420 g/mol. The summed E-state index contributed by atoms with van der Waals surface area (Å²) in [6, 6.07) is 32.8. The van der Waals surface area contributed by atoms with Crippen molar-refractivity contribution in [3.8, 4) is 11.1 Å². The molecule has 1 aliphatic rings. The second-order valence-corrected chi connectivity index (χ2v) is 9.44. The Hall–Kier alpha value is -3.36. The van der Waals surface area contributed by atoms with Crippen molar-refractivity contribution in [2.45, 2.75) is 32.6 Å². The van der Waals surface area contributed by atoms with Crippen LogP contribution in [0.3, 0.4) is 0 Å². The predicted molar refractivity (Wildman–Crippen MR) is 134 cm³/mol. The van der Waals surface area contributed by atoms with Gasteiger partial charge in [-0.05, 0) is 77.6 Å². The Morgan fingerprint density at radius 3 is 2.00 bits per heavy atom. The lowest BCUT2D eigenvalue weighted by molar-refractivity contribution is 0.218. The highest BCUT2D eigenvalue weighted by atomic mass is 16.3. The molecule has 2 heteroatoms. The Bertz CT molecular complexity index is 1250. The highest BCUT2D eigenvalue weighted by molar-refractivity contribution is 5.83. The van der Waals surface area contributed by atoms with Gasteiger partial charge in [0.1, 0.15) is 0 Å². The number of hydrogen-bond acceptors (Lipinski definition) is 2. The summed E-state index contributed by atoms with van der Waals surface area (Å²) >= 11 is 0. The molecule has 0 aliphatic heterocycles. The zero-order chi connectivity index (χ0) is 22.3. The molecule has 2 nitrogen and oxygen atoms in total. The summed E-state index contributed by atoms with van der Waals surface area (Å²) in [6.07, 6.45) is 0.977. The first-order chi connectivity index (χ1) is 15.5. The van der Waals surface area contributed by atoms with E-state index in [1.165, 1.54) is 27.8 Å². The van der Waals surface area contributed by atoms with Gasteiger partial charge in [-0.1, -0.05) is 74.0 Å². The third-order valence-electron chi connectivity index (χ3n) is 6.63. The fourth-order valence-electron chi connectivity index (χ4n) is 4.56. The van der Waals surface area contributed by atoms with Gasteiger partial charge in [0.2, 0.25) is 0 Å². The van der Waals surface area contributed by atoms with E-state index in [-0.39, 0.29) is 12.0 Å². The molecule has 0 fully saturated rings. The van der Waals surface area contributed by atoms with Crippen molar-refractivity contribution >= 4 is 17.1 Å². The lowest BCUT2D eigenvalue weighted by Gasteiger charge is -2.28. The Morgan fingerprint density at radius 2 is 1.31 bits per heavy atom. The molecule has 4 aromatic carbocycles. The predicted octanol–water partition coefficient (Wildman–Crippen LogP) is 7.31. The zero-order valence-corrected chi connectivity index (χ0v) is 19.0. The van der Waals surface area contributed by atoms with Crippen LogP contribution in [-0.2, 0) is 11.8 Å². The number of aliphatic hydroxyl groups excluding tert-OH is 1. The monoisotopic (exact) mass is 419 g/mol. The van der Waals surface area contributed by atoms with E-state index in [4.69, 9.17) is 0 Å². The molecule has 0 atom stereocenters. The second kappa shape index (κ2) is 7.96. The van der Waals surface area contributed by atoms with Gasteiger partial charge in [0.05, 0.1) is 6.61 Å². The summed E-state index contributed by atoms with van der Waals surface area (Å²) in [5, 5.41) is 9.76. The van der Waals surface area contributed by atoms with Crippen LogP contribution in [0.25, 0.3) is 11.1 Å². The van der Waals surface area contributed by atoms with Crippen molar-refractivity contribution in [2.75, 3.05) is 11.5 Å². The molecule has 4 aromatic rings. The van der Waals surface area contributed by atoms with E-state index < -0.39 is 0 Å². The quantitative estimate of drug-likeness (QED) is 0.323. The van der Waals surface area contributed by atoms with Crippen LogP contribution in [-0.4, -0.2) is 11.7 Å². The number of fused-ring (bicyclic) bond motifs is 3. The normalized spacial score (nSPS) is 12.4. The van der Waals surface area contributed by atoms with Gasteiger partial charge in [-0.2, -0.15) is 0 Å². The molecule has 32 heavy (non-hydrogen) atoms. The number of hydrogen-bond donors (Lipinski definition) is 1. The van der Waals surface area contributed by atoms with Gasteiger partial charge in [-0.15, -0.1) is 0 Å². The molecule has 0 radical (unpaired) electrons. The molecular weight excluding hydrogens is 390 g/mol. The van der Waals surface area contributed by atoms with Gasteiger partial charge in [0.15, 0.2) is 0 Å². The maximum Gasteiger partial charge on any atom is 0.0522 e. The minimum absolute atomic E-state index is 0.124. The molecule has 0 amide bonds. The van der Waals surface area contributed by atoms with Gasteiger partial charge in [0, 0.05) is 22.5 Å². The minimum Gasteiger partial charge on any atom is -0.395 e. The van der Waals surface area contributed by atoms with Crippen LogP contribution in [0.5, 0.6) is 0 Å². The van der Waals surface area contributed by atoms with Crippen LogP contribution in [0.15, 0.2) is 91.0 Å². The van der Waals surface area contributed by atoms with E-state index in [9.17, 15) is 5.11 Å². The molecule has 1 aliphatic carbocycles. The van der Waals surface area contributed by atoms with E-state index in [0.29, 0.717) is 0 Å². The van der Waals surface area contributed by atoms with E-state index in [1.54, 1.807) is 0 Å². The van der Waals surface area contributed by atoms with Crippen molar-refractivity contribution < 1.29 is 5.11 Å². The van der Waals surface area contributed by atoms with E-state index >= 15 is 0 Å². The molecule has 0 heterocycles. The van der Waals surface area contributed by atoms with Crippen LogP contribution in [0.2, 0.25) is 0 Å². The van der Waals surface area contributed by atoms with Crippen LogP contribution in [0.4, 0.5) is 17.1 Å². The number of benzene rings is 4.